The van der Waals surface area contributed by atoms with Crippen LogP contribution in [0.15, 0.2) is 91.0 Å². The molecule has 1 heterocycles. The van der Waals surface area contributed by atoms with E-state index < -0.39 is 11.5 Å². The minimum absolute atomic E-state index is 0.0236. The molecule has 0 unspecified atom stereocenters. The van der Waals surface area contributed by atoms with Crippen molar-refractivity contribution in [2.75, 3.05) is 6.54 Å². The summed E-state index contributed by atoms with van der Waals surface area (Å²) in [6.45, 7) is 4.79. The highest BCUT2D eigenvalue weighted by molar-refractivity contribution is 5.88. The lowest BCUT2D eigenvalue weighted by atomic mass is 9.69. The van der Waals surface area contributed by atoms with Crippen LogP contribution in [0.1, 0.15) is 75.1 Å². The molecule has 2 atom stereocenters. The van der Waals surface area contributed by atoms with Crippen molar-refractivity contribution in [1.82, 2.24) is 10.2 Å². The molecule has 0 aromatic heterocycles. The number of nitrogens with one attached hydrogen (secondary N) is 1. The SMILES string of the molecule is CC(C)[C@@](C#N)(CCCCC(=O)N1CCC[C@@H]1C(=O)NC(c1ccccc1)c1ccccc1)c1ccccc1. The van der Waals surface area contributed by atoms with Gasteiger partial charge in [0.05, 0.1) is 17.5 Å². The van der Waals surface area contributed by atoms with Gasteiger partial charge in [0.15, 0.2) is 0 Å². The van der Waals surface area contributed by atoms with Crippen molar-refractivity contribution < 1.29 is 9.59 Å². The molecule has 0 spiro atoms. The fourth-order valence-electron chi connectivity index (χ4n) is 5.80. The molecule has 1 fully saturated rings. The number of hydrogen-bond acceptors (Lipinski definition) is 3. The number of likely N-dealkylation sites (tertiary alicyclic amines) is 1. The highest BCUT2D eigenvalue weighted by atomic mass is 16.2. The predicted molar refractivity (Wildman–Crippen MR) is 155 cm³/mol. The molecule has 5 nitrogen and oxygen atoms in total. The van der Waals surface area contributed by atoms with Gasteiger partial charge in [-0.3, -0.25) is 9.59 Å². The minimum atomic E-state index is -0.565. The fourth-order valence-corrected chi connectivity index (χ4v) is 5.80. The molecule has 5 heteroatoms. The van der Waals surface area contributed by atoms with Crippen LogP contribution in [0.4, 0.5) is 0 Å². The van der Waals surface area contributed by atoms with E-state index in [1.807, 2.05) is 91.0 Å². The smallest absolute Gasteiger partial charge is 0.243 e. The lowest BCUT2D eigenvalue weighted by Gasteiger charge is -2.31. The zero-order chi connectivity index (χ0) is 27.7. The summed E-state index contributed by atoms with van der Waals surface area (Å²) in [5.74, 6) is 0.0795. The van der Waals surface area contributed by atoms with Crippen molar-refractivity contribution >= 4 is 11.8 Å². The van der Waals surface area contributed by atoms with Crippen LogP contribution in [0, 0.1) is 17.2 Å². The maximum Gasteiger partial charge on any atom is 0.243 e. The minimum Gasteiger partial charge on any atom is -0.343 e. The quantitative estimate of drug-likeness (QED) is 0.290. The molecular weight excluding hydrogens is 482 g/mol. The molecule has 1 aliphatic rings. The van der Waals surface area contributed by atoms with E-state index in [9.17, 15) is 14.9 Å². The summed E-state index contributed by atoms with van der Waals surface area (Å²) < 4.78 is 0. The second-order valence-electron chi connectivity index (χ2n) is 10.8. The monoisotopic (exact) mass is 521 g/mol. The Labute approximate surface area is 232 Å². The van der Waals surface area contributed by atoms with E-state index >= 15 is 0 Å². The Morgan fingerprint density at radius 3 is 2.03 bits per heavy atom. The Morgan fingerprint density at radius 2 is 1.49 bits per heavy atom. The number of rotatable bonds is 11. The van der Waals surface area contributed by atoms with Gasteiger partial charge in [-0.25, -0.2) is 0 Å². The number of carbonyl (C=O) groups is 2. The molecule has 0 radical (unpaired) electrons. The first-order valence-corrected chi connectivity index (χ1v) is 14.1. The van der Waals surface area contributed by atoms with Gasteiger partial charge in [-0.05, 0) is 48.3 Å². The van der Waals surface area contributed by atoms with Crippen molar-refractivity contribution in [2.45, 2.75) is 69.9 Å². The molecule has 0 saturated carbocycles. The van der Waals surface area contributed by atoms with E-state index in [0.717, 1.165) is 29.5 Å². The van der Waals surface area contributed by atoms with Gasteiger partial charge in [0.1, 0.15) is 6.04 Å². The first-order valence-electron chi connectivity index (χ1n) is 14.1. The van der Waals surface area contributed by atoms with Crippen LogP contribution in [-0.4, -0.2) is 29.3 Å². The highest BCUT2D eigenvalue weighted by Gasteiger charge is 2.37. The Bertz CT molecular complexity index is 1210. The molecule has 1 saturated heterocycles. The third kappa shape index (κ3) is 6.57. The summed E-state index contributed by atoms with van der Waals surface area (Å²) in [7, 11) is 0. The molecule has 3 aromatic carbocycles. The lowest BCUT2D eigenvalue weighted by Crippen LogP contribution is -2.47. The van der Waals surface area contributed by atoms with Crippen LogP contribution in [0.25, 0.3) is 0 Å². The Balaban J connectivity index is 1.37. The molecule has 202 valence electrons. The van der Waals surface area contributed by atoms with Crippen LogP contribution >= 0.6 is 0 Å². The van der Waals surface area contributed by atoms with Gasteiger partial charge in [-0.2, -0.15) is 5.26 Å². The second kappa shape index (κ2) is 13.2. The van der Waals surface area contributed by atoms with Gasteiger partial charge in [0, 0.05) is 13.0 Å². The molecule has 4 rings (SSSR count). The standard InChI is InChI=1S/C34H39N3O2/c1-26(2)34(25-35,29-19-10-5-11-20-29)23-13-12-22-31(38)37-24-14-21-30(37)33(39)36-32(27-15-6-3-7-16-27)28-17-8-4-9-18-28/h3-11,15-20,26,30,32H,12-14,21-24H2,1-2H3,(H,36,39)/t30-,34+/m1/s1. The van der Waals surface area contributed by atoms with Crippen molar-refractivity contribution in [3.63, 3.8) is 0 Å². The number of hydrogen-bond donors (Lipinski definition) is 1. The average molecular weight is 522 g/mol. The maximum absolute atomic E-state index is 13.5. The first-order chi connectivity index (χ1) is 19.0. The van der Waals surface area contributed by atoms with Gasteiger partial charge in [-0.15, -0.1) is 0 Å². The van der Waals surface area contributed by atoms with Gasteiger partial charge in [0.25, 0.3) is 0 Å². The van der Waals surface area contributed by atoms with Gasteiger partial charge in [0.2, 0.25) is 11.8 Å². The number of carbonyl (C=O) groups excluding carboxylic acids is 2. The van der Waals surface area contributed by atoms with Crippen LogP contribution in [-0.2, 0) is 15.0 Å². The van der Waals surface area contributed by atoms with E-state index in [-0.39, 0.29) is 23.8 Å². The van der Waals surface area contributed by atoms with E-state index in [0.29, 0.717) is 32.2 Å². The van der Waals surface area contributed by atoms with E-state index in [1.165, 1.54) is 0 Å². The summed E-state index contributed by atoms with van der Waals surface area (Å²) in [4.78, 5) is 28.5. The normalized spacial score (nSPS) is 16.6. The summed E-state index contributed by atoms with van der Waals surface area (Å²) in [5.41, 5.74) is 2.50. The van der Waals surface area contributed by atoms with Gasteiger partial charge >= 0.3 is 0 Å². The van der Waals surface area contributed by atoms with E-state index in [2.05, 4.69) is 25.2 Å². The fraction of sp³-hybridized carbons (Fsp3) is 0.382. The number of amides is 2. The first kappa shape index (κ1) is 28.1. The van der Waals surface area contributed by atoms with Gasteiger partial charge < -0.3 is 10.2 Å². The van der Waals surface area contributed by atoms with Crippen LogP contribution < -0.4 is 5.32 Å². The van der Waals surface area contributed by atoms with Crippen molar-refractivity contribution in [3.05, 3.63) is 108 Å². The largest absolute Gasteiger partial charge is 0.343 e. The lowest BCUT2D eigenvalue weighted by molar-refractivity contribution is -0.138. The summed E-state index contributed by atoms with van der Waals surface area (Å²) in [6, 6.07) is 31.7. The number of benzene rings is 3. The Hall–Kier alpha value is -3.91. The summed E-state index contributed by atoms with van der Waals surface area (Å²) in [5, 5.41) is 13.4. The Kier molecular flexibility index (Phi) is 9.54. The van der Waals surface area contributed by atoms with Crippen LogP contribution in [0.2, 0.25) is 0 Å². The molecule has 1 N–H and O–H groups in total. The number of nitriles is 1. The summed E-state index contributed by atoms with van der Waals surface area (Å²) in [6.07, 6.45) is 4.07. The molecule has 1 aliphatic heterocycles. The molecule has 0 aliphatic carbocycles. The van der Waals surface area contributed by atoms with E-state index in [1.54, 1.807) is 4.90 Å². The molecule has 39 heavy (non-hydrogen) atoms. The summed E-state index contributed by atoms with van der Waals surface area (Å²) >= 11 is 0. The predicted octanol–water partition coefficient (Wildman–Crippen LogP) is 6.56. The third-order valence-electron chi connectivity index (χ3n) is 8.11. The number of nitrogens with zero attached hydrogens (tertiary/aromatic N) is 2. The van der Waals surface area contributed by atoms with Crippen molar-refractivity contribution in [1.29, 1.82) is 5.26 Å². The second-order valence-corrected chi connectivity index (χ2v) is 10.8. The third-order valence-corrected chi connectivity index (χ3v) is 8.11. The Morgan fingerprint density at radius 1 is 0.923 bits per heavy atom. The maximum atomic E-state index is 13.5. The highest BCUT2D eigenvalue weighted by Crippen LogP contribution is 2.37. The molecular formula is C34H39N3O2. The average Bonchev–Trinajstić information content (AvgIpc) is 3.48. The zero-order valence-corrected chi connectivity index (χ0v) is 23.1. The van der Waals surface area contributed by atoms with Gasteiger partial charge in [-0.1, -0.05) is 111 Å². The molecule has 3 aromatic rings. The van der Waals surface area contributed by atoms with E-state index in [4.69, 9.17) is 0 Å². The topological polar surface area (TPSA) is 73.2 Å². The van der Waals surface area contributed by atoms with Crippen LogP contribution in [0.3, 0.4) is 0 Å². The zero-order valence-electron chi connectivity index (χ0n) is 23.1. The molecule has 2 amide bonds. The number of unbranched alkanes of at least 4 members (excludes halogenated alkanes) is 1. The van der Waals surface area contributed by atoms with Crippen molar-refractivity contribution in [3.8, 4) is 6.07 Å². The van der Waals surface area contributed by atoms with Crippen LogP contribution in [0.5, 0.6) is 0 Å². The molecule has 0 bridgehead atoms. The van der Waals surface area contributed by atoms with Crippen molar-refractivity contribution in [2.24, 2.45) is 5.92 Å².